The number of anilines is 1. The van der Waals surface area contributed by atoms with Gasteiger partial charge in [0.05, 0.1) is 12.0 Å². The molecular weight excluding hydrogens is 224 g/mol. The molecule has 2 rings (SSSR count). The lowest BCUT2D eigenvalue weighted by molar-refractivity contribution is 0.0928. The molecule has 1 heterocycles. The molecule has 1 fully saturated rings. The Morgan fingerprint density at radius 3 is 3.12 bits per heavy atom. The van der Waals surface area contributed by atoms with Crippen molar-refractivity contribution in [2.45, 2.75) is 25.3 Å². The number of amides is 1. The fourth-order valence-corrected chi connectivity index (χ4v) is 2.46. The Morgan fingerprint density at radius 1 is 1.69 bits per heavy atom. The number of nitrogens with one attached hydrogen (secondary N) is 1. The summed E-state index contributed by atoms with van der Waals surface area (Å²) in [6, 6.07) is 2.18. The highest BCUT2D eigenvalue weighted by atomic mass is 32.1. The lowest BCUT2D eigenvalue weighted by atomic mass is 10.1. The maximum absolute atomic E-state index is 11.7. The highest BCUT2D eigenvalue weighted by molar-refractivity contribution is 7.13. The summed E-state index contributed by atoms with van der Waals surface area (Å²) in [6.07, 6.45) is 2.71. The van der Waals surface area contributed by atoms with Gasteiger partial charge in [0.15, 0.2) is 5.13 Å². The number of rotatable bonds is 2. The van der Waals surface area contributed by atoms with Crippen LogP contribution in [0.25, 0.3) is 0 Å². The molecule has 0 aromatic carbocycles. The highest BCUT2D eigenvalue weighted by Gasteiger charge is 2.29. The van der Waals surface area contributed by atoms with Gasteiger partial charge in [0.1, 0.15) is 5.69 Å². The van der Waals surface area contributed by atoms with Crippen LogP contribution >= 0.6 is 11.3 Å². The minimum atomic E-state index is -0.236. The summed E-state index contributed by atoms with van der Waals surface area (Å²) in [4.78, 5) is 15.6. The van der Waals surface area contributed by atoms with E-state index in [1.54, 1.807) is 5.38 Å². The molecule has 1 saturated carbocycles. The van der Waals surface area contributed by atoms with Crippen LogP contribution in [0, 0.1) is 17.2 Å². The lowest BCUT2D eigenvalue weighted by Crippen LogP contribution is -2.37. The van der Waals surface area contributed by atoms with E-state index >= 15 is 0 Å². The fourth-order valence-electron chi connectivity index (χ4n) is 1.92. The van der Waals surface area contributed by atoms with Crippen molar-refractivity contribution in [2.24, 2.45) is 5.92 Å². The molecule has 84 valence electrons. The van der Waals surface area contributed by atoms with E-state index in [1.165, 1.54) is 11.3 Å². The molecule has 6 heteroatoms. The van der Waals surface area contributed by atoms with E-state index in [9.17, 15) is 4.79 Å². The summed E-state index contributed by atoms with van der Waals surface area (Å²) in [6.45, 7) is 0. The first kappa shape index (κ1) is 10.9. The number of hydrogen-bond acceptors (Lipinski definition) is 5. The summed E-state index contributed by atoms with van der Waals surface area (Å²) in [5, 5.41) is 13.7. The van der Waals surface area contributed by atoms with Crippen LogP contribution in [0.1, 0.15) is 29.8 Å². The molecule has 1 aliphatic rings. The fraction of sp³-hybridized carbons (Fsp3) is 0.500. The van der Waals surface area contributed by atoms with Gasteiger partial charge >= 0.3 is 0 Å². The Balaban J connectivity index is 2.00. The van der Waals surface area contributed by atoms with Crippen LogP contribution in [0.5, 0.6) is 0 Å². The molecule has 0 spiro atoms. The maximum Gasteiger partial charge on any atom is 0.271 e. The molecule has 0 bridgehead atoms. The minimum absolute atomic E-state index is 0.0413. The molecule has 1 aromatic rings. The van der Waals surface area contributed by atoms with Crippen LogP contribution in [0.4, 0.5) is 5.13 Å². The number of nitrogens with zero attached hydrogens (tertiary/aromatic N) is 2. The van der Waals surface area contributed by atoms with Crippen LogP contribution in [0.2, 0.25) is 0 Å². The van der Waals surface area contributed by atoms with Crippen LogP contribution in [0.15, 0.2) is 5.38 Å². The molecular formula is C10H12N4OS. The number of nitriles is 1. The normalized spacial score (nSPS) is 23.9. The third kappa shape index (κ3) is 2.14. The van der Waals surface area contributed by atoms with Crippen LogP contribution in [0.3, 0.4) is 0 Å². The summed E-state index contributed by atoms with van der Waals surface area (Å²) < 4.78 is 0. The van der Waals surface area contributed by atoms with Gasteiger partial charge in [-0.05, 0) is 19.3 Å². The van der Waals surface area contributed by atoms with Crippen molar-refractivity contribution >= 4 is 22.4 Å². The van der Waals surface area contributed by atoms with Gasteiger partial charge in [-0.15, -0.1) is 11.3 Å². The van der Waals surface area contributed by atoms with Crippen LogP contribution < -0.4 is 11.1 Å². The van der Waals surface area contributed by atoms with Crippen LogP contribution in [-0.4, -0.2) is 16.9 Å². The summed E-state index contributed by atoms with van der Waals surface area (Å²) in [5.74, 6) is -0.306. The van der Waals surface area contributed by atoms with Crippen molar-refractivity contribution in [3.63, 3.8) is 0 Å². The first-order chi connectivity index (χ1) is 7.70. The monoisotopic (exact) mass is 236 g/mol. The number of nitrogen functional groups attached to an aromatic ring is 1. The zero-order valence-electron chi connectivity index (χ0n) is 8.64. The molecule has 2 atom stereocenters. The first-order valence-electron chi connectivity index (χ1n) is 5.12. The zero-order valence-corrected chi connectivity index (χ0v) is 9.46. The summed E-state index contributed by atoms with van der Waals surface area (Å²) in [7, 11) is 0. The second-order valence-electron chi connectivity index (χ2n) is 3.82. The number of thiazole rings is 1. The van der Waals surface area contributed by atoms with Gasteiger partial charge in [-0.3, -0.25) is 4.79 Å². The topological polar surface area (TPSA) is 91.8 Å². The molecule has 1 amide bonds. The van der Waals surface area contributed by atoms with Gasteiger partial charge in [-0.2, -0.15) is 5.26 Å². The summed E-state index contributed by atoms with van der Waals surface area (Å²) >= 11 is 1.24. The van der Waals surface area contributed by atoms with Gasteiger partial charge in [0, 0.05) is 11.4 Å². The van der Waals surface area contributed by atoms with Gasteiger partial charge < -0.3 is 11.1 Å². The molecule has 1 aliphatic carbocycles. The molecule has 3 N–H and O–H groups in total. The molecule has 5 nitrogen and oxygen atoms in total. The Kier molecular flexibility index (Phi) is 3.06. The second kappa shape index (κ2) is 4.49. The molecule has 16 heavy (non-hydrogen) atoms. The minimum Gasteiger partial charge on any atom is -0.375 e. The highest BCUT2D eigenvalue weighted by Crippen LogP contribution is 2.25. The van der Waals surface area contributed by atoms with E-state index in [4.69, 9.17) is 11.0 Å². The molecule has 0 saturated heterocycles. The van der Waals surface area contributed by atoms with Gasteiger partial charge in [0.25, 0.3) is 5.91 Å². The molecule has 0 radical (unpaired) electrons. The molecule has 2 unspecified atom stereocenters. The Bertz CT molecular complexity index is 436. The van der Waals surface area contributed by atoms with Crippen molar-refractivity contribution < 1.29 is 4.79 Å². The predicted octanol–water partition coefficient (Wildman–Crippen LogP) is 1.15. The standard InChI is InChI=1S/C10H12N4OS/c11-4-6-2-1-3-7(6)13-9(15)8-5-16-10(12)14-8/h5-7H,1-3H2,(H2,12,14)(H,13,15). The Morgan fingerprint density at radius 2 is 2.50 bits per heavy atom. The Hall–Kier alpha value is -1.61. The number of nitrogens with two attached hydrogens (primary N) is 1. The van der Waals surface area contributed by atoms with E-state index in [1.807, 2.05) is 0 Å². The number of aromatic nitrogens is 1. The Labute approximate surface area is 97.3 Å². The summed E-state index contributed by atoms with van der Waals surface area (Å²) in [5.41, 5.74) is 5.79. The van der Waals surface area contributed by atoms with Crippen molar-refractivity contribution in [3.05, 3.63) is 11.1 Å². The van der Waals surface area contributed by atoms with E-state index in [-0.39, 0.29) is 17.9 Å². The van der Waals surface area contributed by atoms with E-state index < -0.39 is 0 Å². The van der Waals surface area contributed by atoms with Gasteiger partial charge in [0.2, 0.25) is 0 Å². The number of carbonyl (C=O) groups is 1. The van der Waals surface area contributed by atoms with Crippen molar-refractivity contribution in [1.29, 1.82) is 5.26 Å². The number of hydrogen-bond donors (Lipinski definition) is 2. The largest absolute Gasteiger partial charge is 0.375 e. The van der Waals surface area contributed by atoms with E-state index in [0.717, 1.165) is 19.3 Å². The smallest absolute Gasteiger partial charge is 0.271 e. The quantitative estimate of drug-likeness (QED) is 0.805. The van der Waals surface area contributed by atoms with E-state index in [0.29, 0.717) is 10.8 Å². The van der Waals surface area contributed by atoms with Crippen LogP contribution in [-0.2, 0) is 0 Å². The third-order valence-corrected chi connectivity index (χ3v) is 3.43. The van der Waals surface area contributed by atoms with Crippen molar-refractivity contribution in [3.8, 4) is 6.07 Å². The van der Waals surface area contributed by atoms with E-state index in [2.05, 4.69) is 16.4 Å². The lowest BCUT2D eigenvalue weighted by Gasteiger charge is -2.14. The molecule has 0 aliphatic heterocycles. The second-order valence-corrected chi connectivity index (χ2v) is 4.71. The third-order valence-electron chi connectivity index (χ3n) is 2.75. The van der Waals surface area contributed by atoms with Crippen molar-refractivity contribution in [2.75, 3.05) is 5.73 Å². The maximum atomic E-state index is 11.7. The zero-order chi connectivity index (χ0) is 11.5. The number of carbonyl (C=O) groups excluding carboxylic acids is 1. The average Bonchev–Trinajstić information content (AvgIpc) is 2.86. The van der Waals surface area contributed by atoms with Gasteiger partial charge in [-0.1, -0.05) is 0 Å². The average molecular weight is 236 g/mol. The van der Waals surface area contributed by atoms with Crippen molar-refractivity contribution in [1.82, 2.24) is 10.3 Å². The predicted molar refractivity (Wildman–Crippen MR) is 60.7 cm³/mol. The SMILES string of the molecule is N#CC1CCCC1NC(=O)c1csc(N)n1. The van der Waals surface area contributed by atoms with Gasteiger partial charge in [-0.25, -0.2) is 4.98 Å². The molecule has 1 aromatic heterocycles. The first-order valence-corrected chi connectivity index (χ1v) is 6.00.